The maximum absolute atomic E-state index is 2.39. The van der Waals surface area contributed by atoms with Crippen LogP contribution in [-0.2, 0) is 5.41 Å². The highest BCUT2D eigenvalue weighted by atomic mass is 15.1. The lowest BCUT2D eigenvalue weighted by atomic mass is 9.82. The van der Waals surface area contributed by atoms with Crippen LogP contribution in [-0.4, -0.2) is 4.57 Å². The van der Waals surface area contributed by atoms with Crippen molar-refractivity contribution < 1.29 is 0 Å². The minimum absolute atomic E-state index is 0.0509. The Hall–Kier alpha value is -5.08. The van der Waals surface area contributed by atoms with Crippen LogP contribution in [0.2, 0.25) is 0 Å². The number of benzene rings is 6. The first-order chi connectivity index (χ1) is 20.1. The summed E-state index contributed by atoms with van der Waals surface area (Å²) in [5.74, 6) is 0. The number of para-hydroxylation sites is 3. The van der Waals surface area contributed by atoms with Crippen molar-refractivity contribution in [1.29, 1.82) is 0 Å². The first-order valence-electron chi connectivity index (χ1n) is 14.3. The average Bonchev–Trinajstić information content (AvgIpc) is 3.47. The Balaban J connectivity index is 1.27. The molecule has 0 saturated heterocycles. The van der Waals surface area contributed by atoms with Crippen molar-refractivity contribution in [1.82, 2.24) is 4.57 Å². The number of rotatable bonds is 4. The van der Waals surface area contributed by atoms with Gasteiger partial charge < -0.3 is 9.47 Å². The van der Waals surface area contributed by atoms with Crippen molar-refractivity contribution >= 4 is 38.9 Å². The van der Waals surface area contributed by atoms with Crippen LogP contribution in [0.5, 0.6) is 0 Å². The van der Waals surface area contributed by atoms with Crippen LogP contribution in [0.1, 0.15) is 25.0 Å². The van der Waals surface area contributed by atoms with E-state index in [1.165, 1.54) is 49.7 Å². The van der Waals surface area contributed by atoms with Gasteiger partial charge in [0, 0.05) is 38.9 Å². The first-order valence-corrected chi connectivity index (χ1v) is 14.3. The van der Waals surface area contributed by atoms with Crippen LogP contribution in [0, 0.1) is 0 Å². The number of fused-ring (bicyclic) bond motifs is 6. The summed E-state index contributed by atoms with van der Waals surface area (Å²) >= 11 is 0. The Kier molecular flexibility index (Phi) is 5.20. The summed E-state index contributed by atoms with van der Waals surface area (Å²) in [6.45, 7) is 4.68. The normalized spacial score (nSPS) is 13.3. The Morgan fingerprint density at radius 3 is 1.71 bits per heavy atom. The zero-order valence-corrected chi connectivity index (χ0v) is 23.3. The van der Waals surface area contributed by atoms with E-state index in [2.05, 4.69) is 169 Å². The maximum atomic E-state index is 2.39. The number of anilines is 3. The molecule has 196 valence electrons. The van der Waals surface area contributed by atoms with Gasteiger partial charge in [0.05, 0.1) is 11.0 Å². The van der Waals surface area contributed by atoms with Gasteiger partial charge in [-0.2, -0.15) is 0 Å². The lowest BCUT2D eigenvalue weighted by molar-refractivity contribution is 0.660. The summed E-state index contributed by atoms with van der Waals surface area (Å²) in [6, 6.07) is 52.8. The van der Waals surface area contributed by atoms with Gasteiger partial charge >= 0.3 is 0 Å². The van der Waals surface area contributed by atoms with E-state index in [1.54, 1.807) is 0 Å². The number of nitrogens with zero attached hydrogens (tertiary/aromatic N) is 2. The third-order valence-electron chi connectivity index (χ3n) is 8.79. The topological polar surface area (TPSA) is 8.17 Å². The highest BCUT2D eigenvalue weighted by molar-refractivity contribution is 6.09. The molecule has 2 nitrogen and oxygen atoms in total. The largest absolute Gasteiger partial charge is 0.310 e. The second kappa shape index (κ2) is 8.97. The van der Waals surface area contributed by atoms with Gasteiger partial charge in [0.25, 0.3) is 0 Å². The monoisotopic (exact) mass is 526 g/mol. The molecule has 1 aliphatic carbocycles. The van der Waals surface area contributed by atoms with Gasteiger partial charge in [-0.05, 0) is 82.9 Å². The molecule has 0 unspecified atom stereocenters. The molecule has 0 fully saturated rings. The van der Waals surface area contributed by atoms with E-state index in [0.29, 0.717) is 0 Å². The summed E-state index contributed by atoms with van der Waals surface area (Å²) in [7, 11) is 0. The Bertz CT molecular complexity index is 2010. The lowest BCUT2D eigenvalue weighted by Crippen LogP contribution is -2.16. The summed E-state index contributed by atoms with van der Waals surface area (Å²) < 4.78 is 2.37. The molecule has 2 heteroatoms. The van der Waals surface area contributed by atoms with Crippen molar-refractivity contribution in [2.75, 3.05) is 4.90 Å². The molecule has 41 heavy (non-hydrogen) atoms. The van der Waals surface area contributed by atoms with Crippen LogP contribution >= 0.6 is 0 Å². The maximum Gasteiger partial charge on any atom is 0.0541 e. The van der Waals surface area contributed by atoms with Crippen LogP contribution in [0.4, 0.5) is 17.1 Å². The highest BCUT2D eigenvalue weighted by Crippen LogP contribution is 2.50. The van der Waals surface area contributed by atoms with E-state index in [-0.39, 0.29) is 5.41 Å². The molecule has 7 aromatic rings. The average molecular weight is 527 g/mol. The predicted molar refractivity (Wildman–Crippen MR) is 173 cm³/mol. The molecule has 0 aliphatic heterocycles. The summed E-state index contributed by atoms with van der Waals surface area (Å²) in [5, 5.41) is 2.56. The molecular weight excluding hydrogens is 496 g/mol. The molecule has 0 N–H and O–H groups in total. The molecule has 6 aromatic carbocycles. The van der Waals surface area contributed by atoms with E-state index >= 15 is 0 Å². The standard InChI is InChI=1S/C39H30N2/c1-39(2)35-17-9-6-14-31(35)32-25-24-30(26-36(32)39)40(27-12-4-3-5-13-27)28-20-22-29(23-21-28)41-37-18-10-7-15-33(37)34-16-8-11-19-38(34)41/h3-26H,1-2H3. The van der Waals surface area contributed by atoms with Gasteiger partial charge in [-0.3, -0.25) is 0 Å². The predicted octanol–water partition coefficient (Wildman–Crippen LogP) is 10.6. The molecule has 0 atom stereocenters. The van der Waals surface area contributed by atoms with Crippen molar-refractivity contribution in [3.8, 4) is 16.8 Å². The summed E-state index contributed by atoms with van der Waals surface area (Å²) in [5.41, 5.74) is 12.5. The molecule has 1 heterocycles. The van der Waals surface area contributed by atoms with Gasteiger partial charge in [0.1, 0.15) is 0 Å². The van der Waals surface area contributed by atoms with E-state index in [1.807, 2.05) is 0 Å². The quantitative estimate of drug-likeness (QED) is 0.221. The number of hydrogen-bond acceptors (Lipinski definition) is 1. The molecule has 0 saturated carbocycles. The second-order valence-electron chi connectivity index (χ2n) is 11.5. The molecule has 0 bridgehead atoms. The van der Waals surface area contributed by atoms with Crippen molar-refractivity contribution in [2.45, 2.75) is 19.3 Å². The molecule has 0 radical (unpaired) electrons. The Morgan fingerprint density at radius 2 is 1.00 bits per heavy atom. The smallest absolute Gasteiger partial charge is 0.0541 e. The molecule has 8 rings (SSSR count). The minimum Gasteiger partial charge on any atom is -0.310 e. The zero-order valence-electron chi connectivity index (χ0n) is 23.3. The van der Waals surface area contributed by atoms with Crippen LogP contribution in [0.3, 0.4) is 0 Å². The van der Waals surface area contributed by atoms with Crippen LogP contribution in [0.15, 0.2) is 146 Å². The fraction of sp³-hybridized carbons (Fsp3) is 0.0769. The fourth-order valence-corrected chi connectivity index (χ4v) is 6.81. The van der Waals surface area contributed by atoms with Gasteiger partial charge in [-0.25, -0.2) is 0 Å². The van der Waals surface area contributed by atoms with Crippen molar-refractivity contribution in [3.63, 3.8) is 0 Å². The Morgan fingerprint density at radius 1 is 0.463 bits per heavy atom. The lowest BCUT2D eigenvalue weighted by Gasteiger charge is -2.28. The van der Waals surface area contributed by atoms with E-state index in [4.69, 9.17) is 0 Å². The SMILES string of the molecule is CC1(C)c2ccccc2-c2ccc(N(c3ccccc3)c3ccc(-n4c5ccccc5c5ccccc54)cc3)cc21. The molecule has 1 aliphatic rings. The number of hydrogen-bond donors (Lipinski definition) is 0. The molecule has 1 aromatic heterocycles. The third kappa shape index (κ3) is 3.57. The van der Waals surface area contributed by atoms with Crippen LogP contribution in [0.25, 0.3) is 38.6 Å². The van der Waals surface area contributed by atoms with Crippen LogP contribution < -0.4 is 4.90 Å². The molecule has 0 amide bonds. The third-order valence-corrected chi connectivity index (χ3v) is 8.79. The first kappa shape index (κ1) is 23.8. The number of aromatic nitrogens is 1. The summed E-state index contributed by atoms with van der Waals surface area (Å²) in [6.07, 6.45) is 0. The van der Waals surface area contributed by atoms with Gasteiger partial charge in [0.15, 0.2) is 0 Å². The highest BCUT2D eigenvalue weighted by Gasteiger charge is 2.35. The van der Waals surface area contributed by atoms with Crippen molar-refractivity contribution in [3.05, 3.63) is 157 Å². The summed E-state index contributed by atoms with van der Waals surface area (Å²) in [4.78, 5) is 2.37. The fourth-order valence-electron chi connectivity index (χ4n) is 6.81. The van der Waals surface area contributed by atoms with Crippen molar-refractivity contribution in [2.24, 2.45) is 0 Å². The molecular formula is C39H30N2. The van der Waals surface area contributed by atoms with E-state index in [0.717, 1.165) is 17.1 Å². The zero-order chi connectivity index (χ0) is 27.6. The van der Waals surface area contributed by atoms with E-state index < -0.39 is 0 Å². The second-order valence-corrected chi connectivity index (χ2v) is 11.5. The minimum atomic E-state index is -0.0509. The van der Waals surface area contributed by atoms with Gasteiger partial charge in [0.2, 0.25) is 0 Å². The van der Waals surface area contributed by atoms with Gasteiger partial charge in [-0.15, -0.1) is 0 Å². The van der Waals surface area contributed by atoms with E-state index in [9.17, 15) is 0 Å². The Labute approximate surface area is 240 Å². The van der Waals surface area contributed by atoms with Gasteiger partial charge in [-0.1, -0.05) is 98.8 Å². The molecule has 0 spiro atoms.